The monoisotopic (exact) mass is 392 g/mol. The van der Waals surface area contributed by atoms with Crippen molar-refractivity contribution < 1.29 is 14.4 Å². The van der Waals surface area contributed by atoms with E-state index >= 15 is 0 Å². The maximum Gasteiger partial charge on any atom is 0.256 e. The minimum Gasteiger partial charge on any atom is -0.355 e. The number of hydrogen-bond donors (Lipinski definition) is 2. The molecule has 2 N–H and O–H groups in total. The molecule has 0 saturated heterocycles. The van der Waals surface area contributed by atoms with Gasteiger partial charge in [0.25, 0.3) is 11.8 Å². The van der Waals surface area contributed by atoms with E-state index in [0.717, 1.165) is 0 Å². The van der Waals surface area contributed by atoms with Crippen LogP contribution in [0.2, 0.25) is 5.02 Å². The average Bonchev–Trinajstić information content (AvgIpc) is 2.73. The normalized spacial score (nSPS) is 10.2. The number of carbonyl (C=O) groups is 3. The first-order valence-electron chi connectivity index (χ1n) is 8.52. The molecule has 2 amide bonds. The predicted molar refractivity (Wildman–Crippen MR) is 109 cm³/mol. The second-order valence-electron chi connectivity index (χ2n) is 5.99. The Balaban J connectivity index is 1.84. The molecule has 0 radical (unpaired) electrons. The van der Waals surface area contributed by atoms with Crippen LogP contribution < -0.4 is 10.6 Å². The molecule has 0 aliphatic carbocycles. The van der Waals surface area contributed by atoms with Crippen molar-refractivity contribution in [3.63, 3.8) is 0 Å². The van der Waals surface area contributed by atoms with Gasteiger partial charge in [0.05, 0.1) is 5.56 Å². The molecule has 6 heteroatoms. The highest BCUT2D eigenvalue weighted by molar-refractivity contribution is 6.30. The summed E-state index contributed by atoms with van der Waals surface area (Å²) in [4.78, 5) is 37.2. The van der Waals surface area contributed by atoms with E-state index in [1.807, 2.05) is 0 Å². The molecule has 0 aliphatic heterocycles. The Morgan fingerprint density at radius 2 is 1.29 bits per heavy atom. The van der Waals surface area contributed by atoms with Crippen LogP contribution in [0, 0.1) is 0 Å². The van der Waals surface area contributed by atoms with Gasteiger partial charge in [-0.15, -0.1) is 0 Å². The lowest BCUT2D eigenvalue weighted by molar-refractivity contribution is 0.0962. The summed E-state index contributed by atoms with van der Waals surface area (Å²) in [5, 5.41) is 5.82. The average molecular weight is 393 g/mol. The summed E-state index contributed by atoms with van der Waals surface area (Å²) in [5.41, 5.74) is 2.01. The number of halogens is 1. The molecule has 0 aromatic heterocycles. The van der Waals surface area contributed by atoms with Crippen LogP contribution in [0.4, 0.5) is 5.69 Å². The molecular formula is C22H17ClN2O3. The summed E-state index contributed by atoms with van der Waals surface area (Å²) >= 11 is 5.87. The van der Waals surface area contributed by atoms with Crippen molar-refractivity contribution in [2.45, 2.75) is 0 Å². The molecule has 3 aromatic carbocycles. The van der Waals surface area contributed by atoms with Gasteiger partial charge in [-0.25, -0.2) is 0 Å². The molecule has 0 unspecified atom stereocenters. The summed E-state index contributed by atoms with van der Waals surface area (Å²) in [6.45, 7) is 0. The number of amides is 2. The molecule has 28 heavy (non-hydrogen) atoms. The van der Waals surface area contributed by atoms with Crippen molar-refractivity contribution in [3.8, 4) is 0 Å². The van der Waals surface area contributed by atoms with Crippen LogP contribution in [-0.2, 0) is 0 Å². The summed E-state index contributed by atoms with van der Waals surface area (Å²) in [6.07, 6.45) is 0. The third-order valence-corrected chi connectivity index (χ3v) is 4.41. The molecule has 0 spiro atoms. The fourth-order valence-corrected chi connectivity index (χ4v) is 2.81. The Bertz CT molecular complexity index is 1030. The van der Waals surface area contributed by atoms with Gasteiger partial charge in [-0.3, -0.25) is 14.4 Å². The van der Waals surface area contributed by atoms with E-state index in [1.54, 1.807) is 79.8 Å². The van der Waals surface area contributed by atoms with Gasteiger partial charge >= 0.3 is 0 Å². The molecule has 0 heterocycles. The fourth-order valence-electron chi connectivity index (χ4n) is 2.68. The van der Waals surface area contributed by atoms with Gasteiger partial charge in [-0.2, -0.15) is 0 Å². The zero-order chi connectivity index (χ0) is 20.1. The Labute approximate surface area is 167 Å². The second kappa shape index (κ2) is 8.50. The van der Waals surface area contributed by atoms with Crippen molar-refractivity contribution in [1.29, 1.82) is 0 Å². The first kappa shape index (κ1) is 19.3. The summed E-state index contributed by atoms with van der Waals surface area (Å²) in [5.74, 6) is -0.889. The largest absolute Gasteiger partial charge is 0.355 e. The van der Waals surface area contributed by atoms with E-state index in [0.29, 0.717) is 27.4 Å². The van der Waals surface area contributed by atoms with Gasteiger partial charge < -0.3 is 10.6 Å². The molecule has 0 aliphatic rings. The number of carbonyl (C=O) groups excluding carboxylic acids is 3. The standard InChI is InChI=1S/C22H17ClN2O3/c1-24-21(27)15-8-12-17(13-9-15)25-22(28)19-5-3-2-4-18(19)20(26)14-6-10-16(23)11-7-14/h2-13H,1H3,(H,24,27)(H,25,28). The number of nitrogens with one attached hydrogen (secondary N) is 2. The number of benzene rings is 3. The maximum atomic E-state index is 12.8. The smallest absolute Gasteiger partial charge is 0.256 e. The van der Waals surface area contributed by atoms with Crippen LogP contribution in [0.15, 0.2) is 72.8 Å². The fraction of sp³-hybridized carbons (Fsp3) is 0.0455. The van der Waals surface area contributed by atoms with E-state index in [1.165, 1.54) is 0 Å². The minimum absolute atomic E-state index is 0.211. The van der Waals surface area contributed by atoms with Gasteiger partial charge in [0.2, 0.25) is 0 Å². The minimum atomic E-state index is -0.411. The topological polar surface area (TPSA) is 75.3 Å². The van der Waals surface area contributed by atoms with Gasteiger partial charge in [0.15, 0.2) is 5.78 Å². The molecule has 0 fully saturated rings. The highest BCUT2D eigenvalue weighted by Crippen LogP contribution is 2.19. The van der Waals surface area contributed by atoms with Crippen LogP contribution >= 0.6 is 11.6 Å². The van der Waals surface area contributed by atoms with Gasteiger partial charge in [-0.1, -0.05) is 29.8 Å². The molecule has 3 rings (SSSR count). The number of anilines is 1. The Hall–Kier alpha value is -3.44. The molecule has 5 nitrogen and oxygen atoms in total. The van der Waals surface area contributed by atoms with Crippen LogP contribution in [0.3, 0.4) is 0 Å². The van der Waals surface area contributed by atoms with Crippen molar-refractivity contribution in [2.75, 3.05) is 12.4 Å². The van der Waals surface area contributed by atoms with E-state index in [2.05, 4.69) is 10.6 Å². The van der Waals surface area contributed by atoms with Crippen LogP contribution in [0.5, 0.6) is 0 Å². The first-order valence-corrected chi connectivity index (χ1v) is 8.90. The van der Waals surface area contributed by atoms with Crippen LogP contribution in [0.1, 0.15) is 36.6 Å². The predicted octanol–water partition coefficient (Wildman–Crippen LogP) is 4.18. The molecular weight excluding hydrogens is 376 g/mol. The molecule has 3 aromatic rings. The third-order valence-electron chi connectivity index (χ3n) is 4.15. The first-order chi connectivity index (χ1) is 13.5. The number of ketones is 1. The van der Waals surface area contributed by atoms with E-state index in [4.69, 9.17) is 11.6 Å². The van der Waals surface area contributed by atoms with Crippen LogP contribution in [0.25, 0.3) is 0 Å². The highest BCUT2D eigenvalue weighted by atomic mass is 35.5. The quantitative estimate of drug-likeness (QED) is 0.639. The number of rotatable bonds is 5. The van der Waals surface area contributed by atoms with Gasteiger partial charge in [-0.05, 0) is 54.6 Å². The molecule has 140 valence electrons. The van der Waals surface area contributed by atoms with Gasteiger partial charge in [0, 0.05) is 34.4 Å². The molecule has 0 saturated carbocycles. The van der Waals surface area contributed by atoms with Crippen molar-refractivity contribution in [3.05, 3.63) is 100 Å². The zero-order valence-electron chi connectivity index (χ0n) is 15.0. The van der Waals surface area contributed by atoms with E-state index < -0.39 is 5.91 Å². The lowest BCUT2D eigenvalue weighted by Gasteiger charge is -2.10. The summed E-state index contributed by atoms with van der Waals surface area (Å²) in [6, 6.07) is 19.6. The summed E-state index contributed by atoms with van der Waals surface area (Å²) in [7, 11) is 1.55. The Morgan fingerprint density at radius 1 is 0.714 bits per heavy atom. The molecule has 0 bridgehead atoms. The van der Waals surface area contributed by atoms with E-state index in [9.17, 15) is 14.4 Å². The van der Waals surface area contributed by atoms with Crippen molar-refractivity contribution >= 4 is 34.9 Å². The number of hydrogen-bond acceptors (Lipinski definition) is 3. The maximum absolute atomic E-state index is 12.8. The lowest BCUT2D eigenvalue weighted by atomic mass is 9.98. The second-order valence-corrected chi connectivity index (χ2v) is 6.43. The Morgan fingerprint density at radius 3 is 1.89 bits per heavy atom. The van der Waals surface area contributed by atoms with Crippen LogP contribution in [-0.4, -0.2) is 24.6 Å². The van der Waals surface area contributed by atoms with Gasteiger partial charge in [0.1, 0.15) is 0 Å². The third kappa shape index (κ3) is 4.27. The SMILES string of the molecule is CNC(=O)c1ccc(NC(=O)c2ccccc2C(=O)c2ccc(Cl)cc2)cc1. The zero-order valence-corrected chi connectivity index (χ0v) is 15.8. The highest BCUT2D eigenvalue weighted by Gasteiger charge is 2.18. The van der Waals surface area contributed by atoms with Crippen molar-refractivity contribution in [1.82, 2.24) is 5.32 Å². The van der Waals surface area contributed by atoms with E-state index in [-0.39, 0.29) is 17.3 Å². The molecule has 0 atom stereocenters. The Kier molecular flexibility index (Phi) is 5.87. The summed E-state index contributed by atoms with van der Waals surface area (Å²) < 4.78 is 0. The lowest BCUT2D eigenvalue weighted by Crippen LogP contribution is -2.18. The van der Waals surface area contributed by atoms with Crippen molar-refractivity contribution in [2.24, 2.45) is 0 Å².